The van der Waals surface area contributed by atoms with Crippen molar-refractivity contribution in [3.8, 4) is 0 Å². The number of hydrogen-bond acceptors (Lipinski definition) is 3. The SMILES string of the molecule is CC(C)COC(=O)C1CCN(C(=O)c2ccccc2C(F)(F)F)CC1. The summed E-state index contributed by atoms with van der Waals surface area (Å²) < 4.78 is 44.4. The van der Waals surface area contributed by atoms with Crippen LogP contribution in [0.25, 0.3) is 0 Å². The number of likely N-dealkylation sites (tertiary alicyclic amines) is 1. The summed E-state index contributed by atoms with van der Waals surface area (Å²) in [6.07, 6.45) is -3.78. The number of hydrogen-bond donors (Lipinski definition) is 0. The van der Waals surface area contributed by atoms with Gasteiger partial charge in [-0.25, -0.2) is 0 Å². The molecule has 1 aliphatic heterocycles. The van der Waals surface area contributed by atoms with E-state index in [2.05, 4.69) is 0 Å². The molecular weight excluding hydrogens is 335 g/mol. The van der Waals surface area contributed by atoms with Gasteiger partial charge in [-0.1, -0.05) is 26.0 Å². The van der Waals surface area contributed by atoms with E-state index < -0.39 is 17.6 Å². The molecule has 4 nitrogen and oxygen atoms in total. The van der Waals surface area contributed by atoms with Gasteiger partial charge in [0.2, 0.25) is 0 Å². The minimum absolute atomic E-state index is 0.240. The molecule has 7 heteroatoms. The largest absolute Gasteiger partial charge is 0.465 e. The summed E-state index contributed by atoms with van der Waals surface area (Å²) in [6.45, 7) is 4.70. The maximum atomic E-state index is 13.1. The van der Waals surface area contributed by atoms with Crippen molar-refractivity contribution in [1.82, 2.24) is 4.90 Å². The molecule has 1 aromatic rings. The van der Waals surface area contributed by atoms with Crippen LogP contribution in [0.1, 0.15) is 42.6 Å². The first-order chi connectivity index (χ1) is 11.7. The molecular formula is C18H22F3NO3. The second-order valence-corrected chi connectivity index (χ2v) is 6.63. The van der Waals surface area contributed by atoms with Crippen LogP contribution in [0.4, 0.5) is 13.2 Å². The normalized spacial score (nSPS) is 16.2. The zero-order valence-corrected chi connectivity index (χ0v) is 14.3. The summed E-state index contributed by atoms with van der Waals surface area (Å²) in [5, 5.41) is 0. The van der Waals surface area contributed by atoms with E-state index in [9.17, 15) is 22.8 Å². The monoisotopic (exact) mass is 357 g/mol. The van der Waals surface area contributed by atoms with Crippen LogP contribution in [-0.2, 0) is 15.7 Å². The Morgan fingerprint density at radius 1 is 1.20 bits per heavy atom. The van der Waals surface area contributed by atoms with Crippen LogP contribution in [0.5, 0.6) is 0 Å². The maximum absolute atomic E-state index is 13.1. The summed E-state index contributed by atoms with van der Waals surface area (Å²) in [5.74, 6) is -1.01. The van der Waals surface area contributed by atoms with Gasteiger partial charge in [0.25, 0.3) is 5.91 Å². The molecule has 1 saturated heterocycles. The van der Waals surface area contributed by atoms with Gasteiger partial charge in [-0.2, -0.15) is 13.2 Å². The first-order valence-electron chi connectivity index (χ1n) is 8.32. The highest BCUT2D eigenvalue weighted by molar-refractivity contribution is 5.96. The predicted octanol–water partition coefficient (Wildman–Crippen LogP) is 3.76. The van der Waals surface area contributed by atoms with E-state index in [0.717, 1.165) is 6.07 Å². The second-order valence-electron chi connectivity index (χ2n) is 6.63. The lowest BCUT2D eigenvalue weighted by atomic mass is 9.96. The fraction of sp³-hybridized carbons (Fsp3) is 0.556. The third-order valence-corrected chi connectivity index (χ3v) is 4.14. The average molecular weight is 357 g/mol. The first kappa shape index (κ1) is 19.3. The highest BCUT2D eigenvalue weighted by Crippen LogP contribution is 2.33. The number of ether oxygens (including phenoxy) is 1. The van der Waals surface area contributed by atoms with Crippen LogP contribution < -0.4 is 0 Å². The van der Waals surface area contributed by atoms with Crippen LogP contribution in [-0.4, -0.2) is 36.5 Å². The Labute approximate surface area is 144 Å². The molecule has 1 aliphatic rings. The number of esters is 1. The minimum Gasteiger partial charge on any atom is -0.465 e. The molecule has 25 heavy (non-hydrogen) atoms. The first-order valence-corrected chi connectivity index (χ1v) is 8.32. The van der Waals surface area contributed by atoms with Gasteiger partial charge < -0.3 is 9.64 Å². The predicted molar refractivity (Wildman–Crippen MR) is 85.9 cm³/mol. The summed E-state index contributed by atoms with van der Waals surface area (Å²) in [5.41, 5.74) is -1.28. The van der Waals surface area contributed by atoms with E-state index in [1.54, 1.807) is 0 Å². The summed E-state index contributed by atoms with van der Waals surface area (Å²) in [6, 6.07) is 4.77. The van der Waals surface area contributed by atoms with E-state index in [-0.39, 0.29) is 36.5 Å². The number of benzene rings is 1. The lowest BCUT2D eigenvalue weighted by Gasteiger charge is -2.31. The Kier molecular flexibility index (Phi) is 6.08. The highest BCUT2D eigenvalue weighted by atomic mass is 19.4. The molecule has 138 valence electrons. The van der Waals surface area contributed by atoms with Crippen LogP contribution in [0.15, 0.2) is 24.3 Å². The van der Waals surface area contributed by atoms with E-state index in [4.69, 9.17) is 4.74 Å². The van der Waals surface area contributed by atoms with Crippen molar-refractivity contribution in [2.24, 2.45) is 11.8 Å². The molecule has 0 spiro atoms. The quantitative estimate of drug-likeness (QED) is 0.771. The van der Waals surface area contributed by atoms with Crippen molar-refractivity contribution in [3.05, 3.63) is 35.4 Å². The van der Waals surface area contributed by atoms with Crippen molar-refractivity contribution >= 4 is 11.9 Å². The van der Waals surface area contributed by atoms with Gasteiger partial charge in [0.1, 0.15) is 0 Å². The van der Waals surface area contributed by atoms with Gasteiger partial charge in [-0.3, -0.25) is 9.59 Å². The second kappa shape index (κ2) is 7.89. The van der Waals surface area contributed by atoms with Crippen molar-refractivity contribution in [2.75, 3.05) is 19.7 Å². The van der Waals surface area contributed by atoms with Crippen LogP contribution >= 0.6 is 0 Å². The highest BCUT2D eigenvalue weighted by Gasteiger charge is 2.37. The van der Waals surface area contributed by atoms with Crippen LogP contribution in [0.3, 0.4) is 0 Å². The molecule has 0 unspecified atom stereocenters. The fourth-order valence-corrected chi connectivity index (χ4v) is 2.77. The number of amides is 1. The fourth-order valence-electron chi connectivity index (χ4n) is 2.77. The molecule has 1 amide bonds. The molecule has 0 N–H and O–H groups in total. The van der Waals surface area contributed by atoms with Crippen LogP contribution in [0.2, 0.25) is 0 Å². The van der Waals surface area contributed by atoms with E-state index in [0.29, 0.717) is 19.4 Å². The summed E-state index contributed by atoms with van der Waals surface area (Å²) in [7, 11) is 0. The minimum atomic E-state index is -4.58. The molecule has 0 atom stereocenters. The zero-order chi connectivity index (χ0) is 18.6. The number of halogens is 3. The third-order valence-electron chi connectivity index (χ3n) is 4.14. The summed E-state index contributed by atoms with van der Waals surface area (Å²) in [4.78, 5) is 25.8. The van der Waals surface area contributed by atoms with E-state index >= 15 is 0 Å². The van der Waals surface area contributed by atoms with E-state index in [1.807, 2.05) is 13.8 Å². The molecule has 0 aliphatic carbocycles. The Hall–Kier alpha value is -2.05. The maximum Gasteiger partial charge on any atom is 0.417 e. The van der Waals surface area contributed by atoms with Gasteiger partial charge >= 0.3 is 12.1 Å². The number of nitrogens with zero attached hydrogens (tertiary/aromatic N) is 1. The van der Waals surface area contributed by atoms with Gasteiger partial charge in [0.05, 0.1) is 23.7 Å². The van der Waals surface area contributed by atoms with Crippen molar-refractivity contribution in [1.29, 1.82) is 0 Å². The summed E-state index contributed by atoms with van der Waals surface area (Å²) >= 11 is 0. The van der Waals surface area contributed by atoms with Gasteiger partial charge in [-0.05, 0) is 30.9 Å². The molecule has 0 saturated carbocycles. The molecule has 0 aromatic heterocycles. The number of carbonyl (C=O) groups excluding carboxylic acids is 2. The average Bonchev–Trinajstić information content (AvgIpc) is 2.58. The standard InChI is InChI=1S/C18H22F3NO3/c1-12(2)11-25-17(24)13-7-9-22(10-8-13)16(23)14-5-3-4-6-15(14)18(19,20)21/h3-6,12-13H,7-11H2,1-2H3. The van der Waals surface area contributed by atoms with Gasteiger partial charge in [-0.15, -0.1) is 0 Å². The molecule has 0 radical (unpaired) electrons. The molecule has 0 bridgehead atoms. The number of rotatable bonds is 4. The number of alkyl halides is 3. The van der Waals surface area contributed by atoms with Gasteiger partial charge in [0.15, 0.2) is 0 Å². The molecule has 1 heterocycles. The Morgan fingerprint density at radius 3 is 2.36 bits per heavy atom. The molecule has 2 rings (SSSR count). The lowest BCUT2D eigenvalue weighted by molar-refractivity contribution is -0.151. The van der Waals surface area contributed by atoms with Crippen molar-refractivity contribution in [3.63, 3.8) is 0 Å². The van der Waals surface area contributed by atoms with Crippen molar-refractivity contribution < 1.29 is 27.5 Å². The Morgan fingerprint density at radius 2 is 1.80 bits per heavy atom. The van der Waals surface area contributed by atoms with Gasteiger partial charge in [0, 0.05) is 13.1 Å². The Bertz CT molecular complexity index is 620. The lowest BCUT2D eigenvalue weighted by Crippen LogP contribution is -2.41. The zero-order valence-electron chi connectivity index (χ0n) is 14.3. The van der Waals surface area contributed by atoms with E-state index in [1.165, 1.54) is 23.1 Å². The number of piperidine rings is 1. The van der Waals surface area contributed by atoms with Crippen molar-refractivity contribution in [2.45, 2.75) is 32.9 Å². The number of carbonyl (C=O) groups is 2. The molecule has 1 aromatic carbocycles. The topological polar surface area (TPSA) is 46.6 Å². The Balaban J connectivity index is 2.00. The van der Waals surface area contributed by atoms with Crippen LogP contribution in [0, 0.1) is 11.8 Å². The molecule has 1 fully saturated rings. The third kappa shape index (κ3) is 4.96. The smallest absolute Gasteiger partial charge is 0.417 e.